The van der Waals surface area contributed by atoms with E-state index < -0.39 is 0 Å². The Hall–Kier alpha value is -1.09. The molecule has 0 bridgehead atoms. The summed E-state index contributed by atoms with van der Waals surface area (Å²) in [5.41, 5.74) is 3.03. The molecule has 0 aliphatic carbocycles. The van der Waals surface area contributed by atoms with E-state index >= 15 is 0 Å². The monoisotopic (exact) mass is 251 g/mol. The minimum absolute atomic E-state index is 0.0385. The molecule has 0 unspecified atom stereocenters. The Kier molecular flexibility index (Phi) is 2.42. The molecule has 0 spiro atoms. The van der Waals surface area contributed by atoms with Crippen molar-refractivity contribution in [3.05, 3.63) is 45.7 Å². The zero-order valence-electron chi connectivity index (χ0n) is 7.80. The third kappa shape index (κ3) is 1.48. The van der Waals surface area contributed by atoms with Gasteiger partial charge in [-0.15, -0.1) is 0 Å². The van der Waals surface area contributed by atoms with Crippen molar-refractivity contribution in [3.63, 3.8) is 0 Å². The van der Waals surface area contributed by atoms with Crippen molar-refractivity contribution in [3.8, 4) is 0 Å². The Labute approximate surface area is 90.1 Å². The normalized spacial score (nSPS) is 10.7. The number of para-hydroxylation sites is 1. The van der Waals surface area contributed by atoms with Gasteiger partial charge < -0.3 is 4.98 Å². The van der Waals surface area contributed by atoms with Gasteiger partial charge in [-0.25, -0.2) is 0 Å². The summed E-state index contributed by atoms with van der Waals surface area (Å²) < 4.78 is 0. The molecule has 2 aromatic rings. The summed E-state index contributed by atoms with van der Waals surface area (Å²) >= 11 is 3.41. The van der Waals surface area contributed by atoms with Crippen LogP contribution in [0, 0.1) is 6.92 Å². The number of pyridine rings is 1. The Balaban J connectivity index is 2.93. The number of hydrogen-bond donors (Lipinski definition) is 1. The number of fused-ring (bicyclic) bond motifs is 1. The van der Waals surface area contributed by atoms with Crippen LogP contribution < -0.4 is 5.56 Å². The topological polar surface area (TPSA) is 32.9 Å². The molecule has 2 rings (SSSR count). The molecular weight excluding hydrogens is 242 g/mol. The van der Waals surface area contributed by atoms with Crippen molar-refractivity contribution < 1.29 is 0 Å². The average Bonchev–Trinajstić information content (AvgIpc) is 2.17. The fourth-order valence-electron chi connectivity index (χ4n) is 1.62. The average molecular weight is 252 g/mol. The summed E-state index contributed by atoms with van der Waals surface area (Å²) in [5.74, 6) is 0. The van der Waals surface area contributed by atoms with E-state index in [4.69, 9.17) is 0 Å². The number of hydrogen-bond acceptors (Lipinski definition) is 1. The molecule has 2 nitrogen and oxygen atoms in total. The van der Waals surface area contributed by atoms with E-state index in [-0.39, 0.29) is 5.56 Å². The molecule has 0 saturated heterocycles. The molecule has 14 heavy (non-hydrogen) atoms. The highest BCUT2D eigenvalue weighted by molar-refractivity contribution is 9.08. The number of alkyl halides is 1. The molecule has 0 amide bonds. The molecule has 1 aromatic heterocycles. The number of rotatable bonds is 1. The second kappa shape index (κ2) is 3.58. The lowest BCUT2D eigenvalue weighted by molar-refractivity contribution is 1.25. The van der Waals surface area contributed by atoms with Gasteiger partial charge in [-0.1, -0.05) is 34.1 Å². The van der Waals surface area contributed by atoms with Crippen LogP contribution in [0.5, 0.6) is 0 Å². The maximum Gasteiger partial charge on any atom is 0.248 e. The maximum atomic E-state index is 11.3. The van der Waals surface area contributed by atoms with E-state index in [9.17, 15) is 4.79 Å². The van der Waals surface area contributed by atoms with Crippen molar-refractivity contribution >= 4 is 26.8 Å². The van der Waals surface area contributed by atoms with Crippen LogP contribution in [0.2, 0.25) is 0 Å². The minimum atomic E-state index is -0.0385. The van der Waals surface area contributed by atoms with Crippen molar-refractivity contribution in [2.24, 2.45) is 0 Å². The minimum Gasteiger partial charge on any atom is -0.322 e. The van der Waals surface area contributed by atoms with Gasteiger partial charge in [-0.05, 0) is 18.1 Å². The van der Waals surface area contributed by atoms with Crippen LogP contribution in [-0.4, -0.2) is 4.98 Å². The standard InChI is InChI=1S/C11H10BrNO/c1-7-5-10(14)13-11-8(6-12)3-2-4-9(7)11/h2-5H,6H2,1H3,(H,13,14). The SMILES string of the molecule is Cc1cc(=O)[nH]c2c(CBr)cccc12. The van der Waals surface area contributed by atoms with Crippen molar-refractivity contribution in [2.45, 2.75) is 12.3 Å². The van der Waals surface area contributed by atoms with Crippen molar-refractivity contribution in [1.29, 1.82) is 0 Å². The van der Waals surface area contributed by atoms with Gasteiger partial charge in [-0.3, -0.25) is 4.79 Å². The van der Waals surface area contributed by atoms with Crippen LogP contribution in [0.4, 0.5) is 0 Å². The molecule has 0 fully saturated rings. The second-order valence-corrected chi connectivity index (χ2v) is 3.85. The molecule has 1 heterocycles. The quantitative estimate of drug-likeness (QED) is 0.777. The van der Waals surface area contributed by atoms with Gasteiger partial charge in [0, 0.05) is 16.8 Å². The lowest BCUT2D eigenvalue weighted by atomic mass is 10.1. The number of H-pyrrole nitrogens is 1. The third-order valence-corrected chi connectivity index (χ3v) is 2.92. The molecule has 1 aromatic carbocycles. The molecule has 0 atom stereocenters. The first kappa shape index (κ1) is 9.46. The van der Waals surface area contributed by atoms with Crippen LogP contribution in [-0.2, 0) is 5.33 Å². The van der Waals surface area contributed by atoms with E-state index in [1.54, 1.807) is 6.07 Å². The molecule has 0 radical (unpaired) electrons. The molecule has 72 valence electrons. The lowest BCUT2D eigenvalue weighted by Gasteiger charge is -2.04. The largest absolute Gasteiger partial charge is 0.322 e. The van der Waals surface area contributed by atoms with Crippen LogP contribution >= 0.6 is 15.9 Å². The first-order valence-corrected chi connectivity index (χ1v) is 5.52. The highest BCUT2D eigenvalue weighted by Gasteiger charge is 2.02. The van der Waals surface area contributed by atoms with Crippen molar-refractivity contribution in [2.75, 3.05) is 0 Å². The van der Waals surface area contributed by atoms with Gasteiger partial charge in [0.25, 0.3) is 0 Å². The van der Waals surface area contributed by atoms with Gasteiger partial charge in [-0.2, -0.15) is 0 Å². The second-order valence-electron chi connectivity index (χ2n) is 3.29. The van der Waals surface area contributed by atoms with Gasteiger partial charge >= 0.3 is 0 Å². The van der Waals surface area contributed by atoms with E-state index in [0.29, 0.717) is 0 Å². The number of benzene rings is 1. The zero-order valence-corrected chi connectivity index (χ0v) is 9.39. The predicted molar refractivity (Wildman–Crippen MR) is 61.9 cm³/mol. The molecule has 3 heteroatoms. The van der Waals surface area contributed by atoms with E-state index in [0.717, 1.165) is 27.4 Å². The summed E-state index contributed by atoms with van der Waals surface area (Å²) in [4.78, 5) is 14.2. The fraction of sp³-hybridized carbons (Fsp3) is 0.182. The van der Waals surface area contributed by atoms with Gasteiger partial charge in [0.15, 0.2) is 0 Å². The molecule has 0 saturated carbocycles. The number of aromatic nitrogens is 1. The van der Waals surface area contributed by atoms with Crippen LogP contribution in [0.15, 0.2) is 29.1 Å². The third-order valence-electron chi connectivity index (χ3n) is 2.32. The number of halogens is 1. The van der Waals surface area contributed by atoms with Gasteiger partial charge in [0.2, 0.25) is 5.56 Å². The molecule has 0 aliphatic heterocycles. The highest BCUT2D eigenvalue weighted by atomic mass is 79.9. The van der Waals surface area contributed by atoms with Crippen LogP contribution in [0.25, 0.3) is 10.9 Å². The van der Waals surface area contributed by atoms with Gasteiger partial charge in [0.05, 0.1) is 5.52 Å². The molecular formula is C11H10BrNO. The van der Waals surface area contributed by atoms with E-state index in [2.05, 4.69) is 20.9 Å². The Morgan fingerprint density at radius 2 is 2.21 bits per heavy atom. The lowest BCUT2D eigenvalue weighted by Crippen LogP contribution is -2.05. The molecule has 1 N–H and O–H groups in total. The van der Waals surface area contributed by atoms with E-state index in [1.165, 1.54) is 0 Å². The summed E-state index contributed by atoms with van der Waals surface area (Å²) in [6.45, 7) is 1.95. The zero-order chi connectivity index (χ0) is 10.1. The fourth-order valence-corrected chi connectivity index (χ4v) is 2.09. The summed E-state index contributed by atoms with van der Waals surface area (Å²) in [6.07, 6.45) is 0. The number of aromatic amines is 1. The van der Waals surface area contributed by atoms with Crippen molar-refractivity contribution in [1.82, 2.24) is 4.98 Å². The van der Waals surface area contributed by atoms with Crippen LogP contribution in [0.1, 0.15) is 11.1 Å². The van der Waals surface area contributed by atoms with Crippen LogP contribution in [0.3, 0.4) is 0 Å². The molecule has 0 aliphatic rings. The number of nitrogens with one attached hydrogen (secondary N) is 1. The maximum absolute atomic E-state index is 11.3. The summed E-state index contributed by atoms with van der Waals surface area (Å²) in [5, 5.41) is 1.87. The highest BCUT2D eigenvalue weighted by Crippen LogP contribution is 2.19. The summed E-state index contributed by atoms with van der Waals surface area (Å²) in [7, 11) is 0. The number of aryl methyl sites for hydroxylation is 1. The Morgan fingerprint density at radius 1 is 1.43 bits per heavy atom. The van der Waals surface area contributed by atoms with E-state index in [1.807, 2.05) is 25.1 Å². The first-order valence-electron chi connectivity index (χ1n) is 4.40. The summed E-state index contributed by atoms with van der Waals surface area (Å²) in [6, 6.07) is 7.66. The smallest absolute Gasteiger partial charge is 0.248 e. The first-order chi connectivity index (χ1) is 6.72. The Morgan fingerprint density at radius 3 is 2.93 bits per heavy atom. The predicted octanol–water partition coefficient (Wildman–Crippen LogP) is 2.73. The Bertz CT molecular complexity index is 530. The van der Waals surface area contributed by atoms with Gasteiger partial charge in [0.1, 0.15) is 0 Å².